The number of rotatable bonds is 6. The molecule has 6 nitrogen and oxygen atoms in total. The van der Waals surface area contributed by atoms with E-state index in [4.69, 9.17) is 4.74 Å². The molecule has 1 heterocycles. The molecular weight excluding hydrogens is 379 g/mol. The van der Waals surface area contributed by atoms with Crippen molar-refractivity contribution in [1.29, 1.82) is 0 Å². The van der Waals surface area contributed by atoms with Gasteiger partial charge in [0.15, 0.2) is 0 Å². The molecule has 0 saturated carbocycles. The molecule has 0 fully saturated rings. The van der Waals surface area contributed by atoms with Gasteiger partial charge in [-0.3, -0.25) is 0 Å². The van der Waals surface area contributed by atoms with E-state index in [1.54, 1.807) is 0 Å². The van der Waals surface area contributed by atoms with E-state index < -0.39 is 6.10 Å². The molecule has 3 rings (SSSR count). The lowest BCUT2D eigenvalue weighted by Gasteiger charge is -2.11. The van der Waals surface area contributed by atoms with Gasteiger partial charge < -0.3 is 9.84 Å². The molecule has 1 unspecified atom stereocenters. The number of aliphatic hydroxyl groups excluding tert-OH is 1. The molecule has 1 atom stereocenters. The Kier molecular flexibility index (Phi) is 5.17. The van der Waals surface area contributed by atoms with Crippen LogP contribution < -0.4 is 4.74 Å². The zero-order valence-corrected chi connectivity index (χ0v) is 14.1. The highest BCUT2D eigenvalue weighted by Gasteiger charge is 2.12. The van der Waals surface area contributed by atoms with Crippen LogP contribution in [0.1, 0.15) is 0 Å². The van der Waals surface area contributed by atoms with Crippen molar-refractivity contribution in [1.82, 2.24) is 20.2 Å². The zero-order chi connectivity index (χ0) is 16.9. The fourth-order valence-electron chi connectivity index (χ4n) is 2.04. The molecule has 1 N–H and O–H groups in total. The number of hydrogen-bond acceptors (Lipinski definition) is 5. The molecule has 124 valence electrons. The van der Waals surface area contributed by atoms with E-state index in [0.717, 1.165) is 10.0 Å². The maximum Gasteiger partial charge on any atom is 0.206 e. The van der Waals surface area contributed by atoms with Crippen LogP contribution in [0.5, 0.6) is 5.75 Å². The van der Waals surface area contributed by atoms with Crippen LogP contribution in [-0.4, -0.2) is 38.0 Å². The minimum absolute atomic E-state index is 0.0392. The molecule has 1 aromatic heterocycles. The quantitative estimate of drug-likeness (QED) is 0.697. The van der Waals surface area contributed by atoms with Gasteiger partial charge >= 0.3 is 0 Å². The van der Waals surface area contributed by atoms with Crippen LogP contribution in [0.3, 0.4) is 0 Å². The van der Waals surface area contributed by atoms with E-state index in [9.17, 15) is 9.50 Å². The van der Waals surface area contributed by atoms with Crippen LogP contribution in [0.4, 0.5) is 4.39 Å². The summed E-state index contributed by atoms with van der Waals surface area (Å²) in [6.07, 6.45) is -0.823. The molecule has 0 aliphatic carbocycles. The summed E-state index contributed by atoms with van der Waals surface area (Å²) in [6.45, 7) is 0.177. The highest BCUT2D eigenvalue weighted by atomic mass is 79.9. The Morgan fingerprint density at radius 3 is 2.67 bits per heavy atom. The van der Waals surface area contributed by atoms with Crippen LogP contribution in [0, 0.1) is 5.82 Å². The van der Waals surface area contributed by atoms with Crippen molar-refractivity contribution in [2.24, 2.45) is 0 Å². The molecule has 8 heteroatoms. The normalized spacial score (nSPS) is 12.1. The van der Waals surface area contributed by atoms with E-state index in [2.05, 4.69) is 31.3 Å². The Bertz CT molecular complexity index is 810. The third-order valence-corrected chi connectivity index (χ3v) is 3.89. The average molecular weight is 393 g/mol. The fraction of sp³-hybridized carbons (Fsp3) is 0.188. The first kappa shape index (κ1) is 16.5. The molecule has 0 aliphatic heterocycles. The molecule has 2 aromatic carbocycles. The Hall–Kier alpha value is -2.32. The Labute approximate surface area is 146 Å². The largest absolute Gasteiger partial charge is 0.491 e. The number of ether oxygens (including phenoxy) is 1. The summed E-state index contributed by atoms with van der Waals surface area (Å²) >= 11 is 3.44. The standard InChI is InChI=1S/C16H14BrFN4O2/c17-15-4-2-1-3-14(15)16-19-21-22(20-16)9-12(23)10-24-13-7-5-11(18)6-8-13/h1-8,12,23H,9-10H2. The van der Waals surface area contributed by atoms with Gasteiger partial charge in [0.1, 0.15) is 24.3 Å². The predicted octanol–water partition coefficient (Wildman–Crippen LogP) is 2.68. The SMILES string of the molecule is OC(COc1ccc(F)cc1)Cn1nnc(-c2ccccc2Br)n1. The molecule has 0 aliphatic rings. The van der Waals surface area contributed by atoms with Gasteiger partial charge in [0.2, 0.25) is 5.82 Å². The van der Waals surface area contributed by atoms with Crippen molar-refractivity contribution >= 4 is 15.9 Å². The number of hydrogen-bond donors (Lipinski definition) is 1. The van der Waals surface area contributed by atoms with Gasteiger partial charge in [-0.2, -0.15) is 4.80 Å². The van der Waals surface area contributed by atoms with Crippen LogP contribution >= 0.6 is 15.9 Å². The van der Waals surface area contributed by atoms with Crippen LogP contribution in [0.25, 0.3) is 11.4 Å². The van der Waals surface area contributed by atoms with Gasteiger partial charge in [0, 0.05) is 10.0 Å². The Morgan fingerprint density at radius 1 is 1.17 bits per heavy atom. The summed E-state index contributed by atoms with van der Waals surface area (Å²) in [7, 11) is 0. The lowest BCUT2D eigenvalue weighted by molar-refractivity contribution is 0.0849. The van der Waals surface area contributed by atoms with E-state index >= 15 is 0 Å². The van der Waals surface area contributed by atoms with Crippen molar-refractivity contribution in [3.63, 3.8) is 0 Å². The van der Waals surface area contributed by atoms with Crippen molar-refractivity contribution < 1.29 is 14.2 Å². The first-order valence-corrected chi connectivity index (χ1v) is 8.00. The van der Waals surface area contributed by atoms with Crippen LogP contribution in [0.2, 0.25) is 0 Å². The van der Waals surface area contributed by atoms with Crippen LogP contribution in [0.15, 0.2) is 53.0 Å². The van der Waals surface area contributed by atoms with Gasteiger partial charge in [-0.15, -0.1) is 10.2 Å². The van der Waals surface area contributed by atoms with Gasteiger partial charge in [-0.1, -0.05) is 28.1 Å². The summed E-state index contributed by atoms with van der Waals surface area (Å²) in [5, 5.41) is 22.2. The van der Waals surface area contributed by atoms with E-state index in [-0.39, 0.29) is 19.0 Å². The number of aliphatic hydroxyl groups is 1. The van der Waals surface area contributed by atoms with Crippen molar-refractivity contribution in [2.45, 2.75) is 12.6 Å². The van der Waals surface area contributed by atoms with E-state index in [1.165, 1.54) is 29.1 Å². The number of tetrazole rings is 1. The molecule has 0 radical (unpaired) electrons. The molecule has 0 amide bonds. The second-order valence-electron chi connectivity index (χ2n) is 5.07. The molecular formula is C16H14BrFN4O2. The lowest BCUT2D eigenvalue weighted by Crippen LogP contribution is -2.25. The Morgan fingerprint density at radius 2 is 1.92 bits per heavy atom. The average Bonchev–Trinajstić information content (AvgIpc) is 3.03. The topological polar surface area (TPSA) is 73.1 Å². The Balaban J connectivity index is 1.58. The number of benzene rings is 2. The van der Waals surface area contributed by atoms with E-state index in [1.807, 2.05) is 24.3 Å². The number of halogens is 2. The van der Waals surface area contributed by atoms with Crippen molar-refractivity contribution in [2.75, 3.05) is 6.61 Å². The minimum Gasteiger partial charge on any atom is -0.491 e. The molecule has 3 aromatic rings. The van der Waals surface area contributed by atoms with Crippen molar-refractivity contribution in [3.8, 4) is 17.1 Å². The minimum atomic E-state index is -0.823. The third kappa shape index (κ3) is 4.15. The van der Waals surface area contributed by atoms with Gasteiger partial charge in [0.05, 0.1) is 6.54 Å². The third-order valence-electron chi connectivity index (χ3n) is 3.20. The highest BCUT2D eigenvalue weighted by Crippen LogP contribution is 2.24. The first-order chi connectivity index (χ1) is 11.6. The molecule has 24 heavy (non-hydrogen) atoms. The summed E-state index contributed by atoms with van der Waals surface area (Å²) in [5.74, 6) is 0.611. The first-order valence-electron chi connectivity index (χ1n) is 7.21. The van der Waals surface area contributed by atoms with Gasteiger partial charge in [0.25, 0.3) is 0 Å². The molecule has 0 saturated heterocycles. The zero-order valence-electron chi connectivity index (χ0n) is 12.5. The van der Waals surface area contributed by atoms with Crippen molar-refractivity contribution in [3.05, 3.63) is 58.8 Å². The highest BCUT2D eigenvalue weighted by molar-refractivity contribution is 9.10. The maximum absolute atomic E-state index is 12.8. The fourth-order valence-corrected chi connectivity index (χ4v) is 2.50. The lowest BCUT2D eigenvalue weighted by atomic mass is 10.2. The second kappa shape index (κ2) is 7.50. The summed E-state index contributed by atoms with van der Waals surface area (Å²) < 4.78 is 19.1. The number of nitrogens with zero attached hydrogens (tertiary/aromatic N) is 4. The predicted molar refractivity (Wildman–Crippen MR) is 88.9 cm³/mol. The monoisotopic (exact) mass is 392 g/mol. The summed E-state index contributed by atoms with van der Waals surface area (Å²) in [4.78, 5) is 1.31. The second-order valence-corrected chi connectivity index (χ2v) is 5.92. The summed E-state index contributed by atoms with van der Waals surface area (Å²) in [6, 6.07) is 13.1. The molecule has 0 bridgehead atoms. The molecule has 0 spiro atoms. The van der Waals surface area contributed by atoms with E-state index in [0.29, 0.717) is 11.6 Å². The summed E-state index contributed by atoms with van der Waals surface area (Å²) in [5.41, 5.74) is 0.820. The smallest absolute Gasteiger partial charge is 0.206 e. The van der Waals surface area contributed by atoms with Gasteiger partial charge in [-0.05, 0) is 41.6 Å². The van der Waals surface area contributed by atoms with Crippen LogP contribution in [-0.2, 0) is 6.54 Å². The number of aromatic nitrogens is 4. The maximum atomic E-state index is 12.8. The van der Waals surface area contributed by atoms with Gasteiger partial charge in [-0.25, -0.2) is 4.39 Å².